The zero-order chi connectivity index (χ0) is 19.9. The normalized spacial score (nSPS) is 33.8. The number of hydrogen-bond donors (Lipinski definition) is 8. The summed E-state index contributed by atoms with van der Waals surface area (Å²) in [5, 5.41) is 77.8. The van der Waals surface area contributed by atoms with Gasteiger partial charge in [0.15, 0.2) is 11.4 Å². The van der Waals surface area contributed by atoms with Crippen LogP contribution in [0.5, 0.6) is 0 Å². The fourth-order valence-electron chi connectivity index (χ4n) is 2.90. The molecule has 2 unspecified atom stereocenters. The lowest BCUT2D eigenvalue weighted by Gasteiger charge is -2.26. The maximum absolute atomic E-state index is 10.2. The Labute approximate surface area is 156 Å². The predicted octanol–water partition coefficient (Wildman–Crippen LogP) is -3.33. The third-order valence-corrected chi connectivity index (χ3v) is 7.44. The van der Waals surface area contributed by atoms with Crippen LogP contribution < -0.4 is 0 Å². The van der Waals surface area contributed by atoms with Gasteiger partial charge in [0.1, 0.15) is 24.1 Å². The number of aliphatic hydroxyl groups is 8. The molecule has 1 fully saturated rings. The molecule has 0 amide bonds. The van der Waals surface area contributed by atoms with Crippen molar-refractivity contribution >= 4 is 10.9 Å². The number of unbranched alkanes of at least 4 members (excludes halogenated alkanes) is 1. The molecule has 0 bridgehead atoms. The van der Waals surface area contributed by atoms with Crippen LogP contribution in [0.25, 0.3) is 0 Å². The minimum Gasteiger partial charge on any atom is -0.394 e. The molecule has 0 radical (unpaired) electrons. The maximum Gasteiger partial charge on any atom is 0.245 e. The van der Waals surface area contributed by atoms with E-state index in [1.807, 2.05) is 6.92 Å². The van der Waals surface area contributed by atoms with E-state index in [-0.39, 0.29) is 18.8 Å². The Hall–Kier alpha value is -0.0100. The van der Waals surface area contributed by atoms with Crippen molar-refractivity contribution in [3.63, 3.8) is 0 Å². The standard InChI is InChI=1S/C16H33O9S/c1-2-3-4-25-9(6-17)5-10(19)13(21)11(20)8-26-12(7-18)14(22)15(23)16(26)24/h9-24H,2-8H2,1H3/q+1/t9-,10-,11+,12+,13-,14+,15-,16?,26?/m0/s1. The molecule has 0 aliphatic carbocycles. The van der Waals surface area contributed by atoms with Crippen molar-refractivity contribution < 1.29 is 45.6 Å². The molecule has 0 aromatic carbocycles. The second kappa shape index (κ2) is 11.7. The van der Waals surface area contributed by atoms with E-state index in [0.717, 1.165) is 12.8 Å². The van der Waals surface area contributed by atoms with Crippen molar-refractivity contribution in [1.82, 2.24) is 0 Å². The Balaban J connectivity index is 2.58. The van der Waals surface area contributed by atoms with Crippen molar-refractivity contribution in [2.24, 2.45) is 0 Å². The topological polar surface area (TPSA) is 171 Å². The van der Waals surface area contributed by atoms with Crippen LogP contribution in [-0.4, -0.2) is 114 Å². The van der Waals surface area contributed by atoms with Gasteiger partial charge in [-0.25, -0.2) is 0 Å². The van der Waals surface area contributed by atoms with Crippen LogP contribution in [0.3, 0.4) is 0 Å². The fraction of sp³-hybridized carbons (Fsp3) is 1.00. The van der Waals surface area contributed by atoms with Crippen LogP contribution >= 0.6 is 0 Å². The molecule has 1 rings (SSSR count). The van der Waals surface area contributed by atoms with Crippen LogP contribution in [0.2, 0.25) is 0 Å². The van der Waals surface area contributed by atoms with Gasteiger partial charge in [0.2, 0.25) is 5.44 Å². The van der Waals surface area contributed by atoms with Gasteiger partial charge in [0.25, 0.3) is 0 Å². The van der Waals surface area contributed by atoms with Gasteiger partial charge in [-0.05, 0) is 6.42 Å². The van der Waals surface area contributed by atoms with Gasteiger partial charge >= 0.3 is 0 Å². The van der Waals surface area contributed by atoms with Crippen molar-refractivity contribution in [2.45, 2.75) is 73.5 Å². The monoisotopic (exact) mass is 401 g/mol. The van der Waals surface area contributed by atoms with Gasteiger partial charge in [-0.2, -0.15) is 0 Å². The number of rotatable bonds is 12. The molecular formula is C16H33O9S+. The van der Waals surface area contributed by atoms with Gasteiger partial charge in [-0.1, -0.05) is 13.3 Å². The molecule has 1 aliphatic rings. The molecular weight excluding hydrogens is 368 g/mol. The van der Waals surface area contributed by atoms with E-state index in [4.69, 9.17) is 4.74 Å². The summed E-state index contributed by atoms with van der Waals surface area (Å²) >= 11 is 0. The molecule has 9 atom stereocenters. The van der Waals surface area contributed by atoms with Crippen molar-refractivity contribution in [3.05, 3.63) is 0 Å². The molecule has 9 nitrogen and oxygen atoms in total. The molecule has 1 heterocycles. The first kappa shape index (κ1) is 24.0. The van der Waals surface area contributed by atoms with Gasteiger partial charge in [-0.15, -0.1) is 0 Å². The van der Waals surface area contributed by atoms with Gasteiger partial charge in [0.05, 0.1) is 25.4 Å². The summed E-state index contributed by atoms with van der Waals surface area (Å²) in [6, 6.07) is 0. The molecule has 8 N–H and O–H groups in total. The van der Waals surface area contributed by atoms with E-state index >= 15 is 0 Å². The lowest BCUT2D eigenvalue weighted by molar-refractivity contribution is -0.0829. The Bertz CT molecular complexity index is 389. The van der Waals surface area contributed by atoms with Crippen LogP contribution in [-0.2, 0) is 15.6 Å². The third-order valence-electron chi connectivity index (χ3n) is 4.61. The Kier molecular flexibility index (Phi) is 10.9. The summed E-state index contributed by atoms with van der Waals surface area (Å²) in [4.78, 5) is 0. The largest absolute Gasteiger partial charge is 0.394 e. The molecule has 0 aromatic heterocycles. The molecule has 1 aliphatic heterocycles. The summed E-state index contributed by atoms with van der Waals surface area (Å²) in [7, 11) is -1.15. The highest BCUT2D eigenvalue weighted by molar-refractivity contribution is 7.98. The fourth-order valence-corrected chi connectivity index (χ4v) is 5.53. The Morgan fingerprint density at radius 3 is 2.19 bits per heavy atom. The average molecular weight is 401 g/mol. The van der Waals surface area contributed by atoms with E-state index in [1.165, 1.54) is 0 Å². The lowest BCUT2D eigenvalue weighted by Crippen LogP contribution is -2.46. The first-order valence-corrected chi connectivity index (χ1v) is 10.4. The van der Waals surface area contributed by atoms with Crippen molar-refractivity contribution in [2.75, 3.05) is 25.6 Å². The highest BCUT2D eigenvalue weighted by Gasteiger charge is 2.57. The van der Waals surface area contributed by atoms with Gasteiger partial charge in [0, 0.05) is 23.9 Å². The molecule has 156 valence electrons. The van der Waals surface area contributed by atoms with E-state index in [1.54, 1.807) is 0 Å². The highest BCUT2D eigenvalue weighted by Crippen LogP contribution is 2.30. The van der Waals surface area contributed by atoms with Crippen LogP contribution in [0, 0.1) is 0 Å². The second-order valence-electron chi connectivity index (χ2n) is 6.62. The molecule has 26 heavy (non-hydrogen) atoms. The quantitative estimate of drug-likeness (QED) is 0.123. The van der Waals surface area contributed by atoms with Gasteiger partial charge in [-0.3, -0.25) is 0 Å². The Morgan fingerprint density at radius 2 is 1.65 bits per heavy atom. The number of hydrogen-bond acceptors (Lipinski definition) is 9. The van der Waals surface area contributed by atoms with Crippen molar-refractivity contribution in [1.29, 1.82) is 0 Å². The summed E-state index contributed by atoms with van der Waals surface area (Å²) < 4.78 is 5.41. The predicted molar refractivity (Wildman–Crippen MR) is 95.5 cm³/mol. The second-order valence-corrected chi connectivity index (χ2v) is 8.98. The van der Waals surface area contributed by atoms with Crippen LogP contribution in [0.1, 0.15) is 26.2 Å². The van der Waals surface area contributed by atoms with Crippen molar-refractivity contribution in [3.8, 4) is 0 Å². The summed E-state index contributed by atoms with van der Waals surface area (Å²) in [5.41, 5.74) is -1.33. The van der Waals surface area contributed by atoms with Gasteiger partial charge < -0.3 is 45.6 Å². The number of aliphatic hydroxyl groups excluding tert-OH is 8. The minimum atomic E-state index is -1.56. The highest BCUT2D eigenvalue weighted by atomic mass is 32.2. The lowest BCUT2D eigenvalue weighted by atomic mass is 10.0. The molecule has 0 spiro atoms. The van der Waals surface area contributed by atoms with Crippen LogP contribution in [0.4, 0.5) is 0 Å². The van der Waals surface area contributed by atoms with E-state index in [2.05, 4.69) is 0 Å². The van der Waals surface area contributed by atoms with E-state index in [9.17, 15) is 40.9 Å². The maximum atomic E-state index is 10.2. The summed E-state index contributed by atoms with van der Waals surface area (Å²) in [6.07, 6.45) is -6.17. The Morgan fingerprint density at radius 1 is 1.00 bits per heavy atom. The zero-order valence-electron chi connectivity index (χ0n) is 15.0. The minimum absolute atomic E-state index is 0.0799. The first-order chi connectivity index (χ1) is 12.3. The summed E-state index contributed by atoms with van der Waals surface area (Å²) in [6.45, 7) is 1.58. The molecule has 1 saturated heterocycles. The summed E-state index contributed by atoms with van der Waals surface area (Å²) in [5.74, 6) is -0.195. The molecule has 0 saturated carbocycles. The van der Waals surface area contributed by atoms with E-state index in [0.29, 0.717) is 6.61 Å². The number of ether oxygens (including phenoxy) is 1. The van der Waals surface area contributed by atoms with Crippen LogP contribution in [0.15, 0.2) is 0 Å². The molecule has 0 aromatic rings. The third kappa shape index (κ3) is 6.26. The first-order valence-electron chi connectivity index (χ1n) is 8.88. The molecule has 10 heteroatoms. The average Bonchev–Trinajstić information content (AvgIpc) is 2.83. The smallest absolute Gasteiger partial charge is 0.245 e. The SMILES string of the molecule is CCCCO[C@H](CO)C[C@H](O)[C@H](O)[C@H](O)C[S+]1C(O)[C@@H](O)[C@H](O)[C@H]1CO. The zero-order valence-corrected chi connectivity index (χ0v) is 15.8. The van der Waals surface area contributed by atoms with E-state index < -0.39 is 64.8 Å².